The summed E-state index contributed by atoms with van der Waals surface area (Å²) in [7, 11) is 3.80. The van der Waals surface area contributed by atoms with Crippen molar-refractivity contribution >= 4 is 44.8 Å². The minimum Gasteiger partial charge on any atom is -0.361 e. The molecule has 2 aromatic heterocycles. The standard InChI is InChI=1S/C25H21F3N4O2/c1-31(2)9-10-32-13-18(16-11-14(25(26,27)28)7-8-20(16)32)22-21(23(33)30-24(22)34)17-12-29-19-6-4-3-5-15(17)19/h3-8,11-13,29H,9-10H2,1-2H3,(H,30,33,34). The van der Waals surface area contributed by atoms with Gasteiger partial charge in [0.05, 0.1) is 16.7 Å². The molecule has 0 aliphatic carbocycles. The maximum absolute atomic E-state index is 13.5. The first-order valence-electron chi connectivity index (χ1n) is 10.7. The Hall–Kier alpha value is -3.85. The van der Waals surface area contributed by atoms with Gasteiger partial charge in [0, 0.05) is 58.4 Å². The van der Waals surface area contributed by atoms with Gasteiger partial charge in [0.2, 0.25) is 0 Å². The predicted octanol–water partition coefficient (Wildman–Crippen LogP) is 4.27. The molecule has 6 nitrogen and oxygen atoms in total. The highest BCUT2D eigenvalue weighted by atomic mass is 19.4. The highest BCUT2D eigenvalue weighted by molar-refractivity contribution is 6.50. The van der Waals surface area contributed by atoms with Gasteiger partial charge in [-0.3, -0.25) is 14.9 Å². The quantitative estimate of drug-likeness (QED) is 0.432. The van der Waals surface area contributed by atoms with E-state index in [1.165, 1.54) is 6.07 Å². The molecule has 2 amide bonds. The number of H-pyrrole nitrogens is 1. The third kappa shape index (κ3) is 3.58. The van der Waals surface area contributed by atoms with Crippen LogP contribution in [0.5, 0.6) is 0 Å². The fourth-order valence-electron chi connectivity index (χ4n) is 4.41. The molecule has 9 heteroatoms. The lowest BCUT2D eigenvalue weighted by molar-refractivity contribution is -0.137. The number of aromatic nitrogens is 2. The van der Waals surface area contributed by atoms with E-state index in [1.54, 1.807) is 12.4 Å². The molecule has 0 saturated heterocycles. The SMILES string of the molecule is CN(C)CCn1cc(C2=C(c3c[nH]c4ccccc34)C(=O)NC2=O)c2cc(C(F)(F)F)ccc21. The lowest BCUT2D eigenvalue weighted by atomic mass is 9.95. The second-order valence-electron chi connectivity index (χ2n) is 8.55. The fourth-order valence-corrected chi connectivity index (χ4v) is 4.41. The van der Waals surface area contributed by atoms with Gasteiger partial charge in [-0.1, -0.05) is 18.2 Å². The average Bonchev–Trinajstić information content (AvgIpc) is 3.44. The van der Waals surface area contributed by atoms with E-state index in [2.05, 4.69) is 10.3 Å². The van der Waals surface area contributed by atoms with Gasteiger partial charge >= 0.3 is 6.18 Å². The number of para-hydroxylation sites is 1. The van der Waals surface area contributed by atoms with Crippen LogP contribution >= 0.6 is 0 Å². The smallest absolute Gasteiger partial charge is 0.361 e. The zero-order chi connectivity index (χ0) is 24.2. The number of carbonyl (C=O) groups is 2. The number of carbonyl (C=O) groups excluding carboxylic acids is 2. The van der Waals surface area contributed by atoms with Crippen molar-refractivity contribution in [2.24, 2.45) is 0 Å². The third-order valence-electron chi connectivity index (χ3n) is 6.06. The fraction of sp³-hybridized carbons (Fsp3) is 0.200. The predicted molar refractivity (Wildman–Crippen MR) is 124 cm³/mol. The van der Waals surface area contributed by atoms with Crippen LogP contribution in [0.3, 0.4) is 0 Å². The number of imide groups is 1. The summed E-state index contributed by atoms with van der Waals surface area (Å²) in [6.45, 7) is 1.14. The molecule has 1 aliphatic rings. The molecule has 0 spiro atoms. The number of amides is 2. The van der Waals surface area contributed by atoms with E-state index in [9.17, 15) is 22.8 Å². The molecule has 0 bridgehead atoms. The van der Waals surface area contributed by atoms with Crippen molar-refractivity contribution < 1.29 is 22.8 Å². The van der Waals surface area contributed by atoms with E-state index in [1.807, 2.05) is 47.8 Å². The Morgan fingerprint density at radius 2 is 1.65 bits per heavy atom. The number of halogens is 3. The molecule has 2 N–H and O–H groups in total. The van der Waals surface area contributed by atoms with Crippen molar-refractivity contribution in [2.75, 3.05) is 20.6 Å². The van der Waals surface area contributed by atoms with Gasteiger partial charge in [-0.05, 0) is 38.4 Å². The zero-order valence-corrected chi connectivity index (χ0v) is 18.5. The topological polar surface area (TPSA) is 70.1 Å². The molecule has 0 atom stereocenters. The molecule has 0 unspecified atom stereocenters. The number of hydrogen-bond donors (Lipinski definition) is 2. The number of benzene rings is 2. The second kappa shape index (κ2) is 7.88. The Labute approximate surface area is 192 Å². The molecule has 5 rings (SSSR count). The molecule has 4 aromatic rings. The number of rotatable bonds is 5. The van der Waals surface area contributed by atoms with Crippen LogP contribution in [-0.4, -0.2) is 46.9 Å². The molecule has 1 aliphatic heterocycles. The lowest BCUT2D eigenvalue weighted by Gasteiger charge is -2.11. The first-order chi connectivity index (χ1) is 16.1. The number of likely N-dealkylation sites (N-methyl/N-ethyl adjacent to an activating group) is 1. The van der Waals surface area contributed by atoms with Crippen LogP contribution in [0.25, 0.3) is 33.0 Å². The van der Waals surface area contributed by atoms with Gasteiger partial charge in [-0.15, -0.1) is 0 Å². The van der Waals surface area contributed by atoms with Crippen molar-refractivity contribution in [3.8, 4) is 0 Å². The Morgan fingerprint density at radius 3 is 2.35 bits per heavy atom. The molecule has 3 heterocycles. The summed E-state index contributed by atoms with van der Waals surface area (Å²) in [5.41, 5.74) is 1.56. The van der Waals surface area contributed by atoms with E-state index in [4.69, 9.17) is 0 Å². The molecule has 2 aromatic carbocycles. The normalized spacial score (nSPS) is 14.8. The van der Waals surface area contributed by atoms with Gasteiger partial charge in [-0.25, -0.2) is 0 Å². The summed E-state index contributed by atoms with van der Waals surface area (Å²) >= 11 is 0. The first kappa shape index (κ1) is 22.0. The Morgan fingerprint density at radius 1 is 0.941 bits per heavy atom. The van der Waals surface area contributed by atoms with Crippen LogP contribution in [0.4, 0.5) is 13.2 Å². The Balaban J connectivity index is 1.80. The largest absolute Gasteiger partial charge is 0.416 e. The summed E-state index contributed by atoms with van der Waals surface area (Å²) in [5.74, 6) is -1.21. The van der Waals surface area contributed by atoms with Crippen LogP contribution in [0.2, 0.25) is 0 Å². The summed E-state index contributed by atoms with van der Waals surface area (Å²) in [6, 6.07) is 10.8. The summed E-state index contributed by atoms with van der Waals surface area (Å²) < 4.78 is 42.4. The lowest BCUT2D eigenvalue weighted by Crippen LogP contribution is -2.22. The van der Waals surface area contributed by atoms with E-state index in [-0.39, 0.29) is 16.5 Å². The van der Waals surface area contributed by atoms with Gasteiger partial charge in [0.15, 0.2) is 0 Å². The van der Waals surface area contributed by atoms with Crippen molar-refractivity contribution in [1.29, 1.82) is 0 Å². The number of hydrogen-bond acceptors (Lipinski definition) is 3. The number of aromatic amines is 1. The van der Waals surface area contributed by atoms with E-state index < -0.39 is 23.6 Å². The van der Waals surface area contributed by atoms with E-state index in [0.717, 1.165) is 23.0 Å². The van der Waals surface area contributed by atoms with Crippen molar-refractivity contribution in [2.45, 2.75) is 12.7 Å². The Kier molecular flexibility index (Phi) is 5.09. The zero-order valence-electron chi connectivity index (χ0n) is 18.5. The molecule has 174 valence electrons. The van der Waals surface area contributed by atoms with E-state index >= 15 is 0 Å². The number of fused-ring (bicyclic) bond motifs is 2. The van der Waals surface area contributed by atoms with Crippen LogP contribution in [0.1, 0.15) is 16.7 Å². The molecule has 0 saturated carbocycles. The summed E-state index contributed by atoms with van der Waals surface area (Å²) in [6.07, 6.45) is -1.24. The molecular weight excluding hydrogens is 445 g/mol. The summed E-state index contributed by atoms with van der Waals surface area (Å²) in [5, 5.41) is 3.34. The molecule has 34 heavy (non-hydrogen) atoms. The average molecular weight is 466 g/mol. The van der Waals surface area contributed by atoms with E-state index in [0.29, 0.717) is 29.7 Å². The van der Waals surface area contributed by atoms with Gasteiger partial charge in [0.25, 0.3) is 11.8 Å². The monoisotopic (exact) mass is 466 g/mol. The molecule has 0 radical (unpaired) electrons. The molecular formula is C25H21F3N4O2. The Bertz CT molecular complexity index is 1490. The van der Waals surface area contributed by atoms with Gasteiger partial charge in [0.1, 0.15) is 0 Å². The van der Waals surface area contributed by atoms with Crippen molar-refractivity contribution in [1.82, 2.24) is 19.8 Å². The van der Waals surface area contributed by atoms with Crippen LogP contribution in [0, 0.1) is 0 Å². The van der Waals surface area contributed by atoms with Crippen molar-refractivity contribution in [3.63, 3.8) is 0 Å². The molecule has 0 fully saturated rings. The van der Waals surface area contributed by atoms with Crippen LogP contribution in [0.15, 0.2) is 54.9 Å². The number of nitrogens with zero attached hydrogens (tertiary/aromatic N) is 2. The highest BCUT2D eigenvalue weighted by Crippen LogP contribution is 2.40. The number of alkyl halides is 3. The van der Waals surface area contributed by atoms with Crippen LogP contribution < -0.4 is 5.32 Å². The highest BCUT2D eigenvalue weighted by Gasteiger charge is 2.36. The third-order valence-corrected chi connectivity index (χ3v) is 6.06. The van der Waals surface area contributed by atoms with Gasteiger partial charge < -0.3 is 14.5 Å². The van der Waals surface area contributed by atoms with Crippen molar-refractivity contribution in [3.05, 3.63) is 71.5 Å². The minimum atomic E-state index is -4.54. The van der Waals surface area contributed by atoms with Crippen LogP contribution in [-0.2, 0) is 22.3 Å². The maximum atomic E-state index is 13.5. The number of nitrogens with one attached hydrogen (secondary N) is 2. The second-order valence-corrected chi connectivity index (χ2v) is 8.55. The first-order valence-corrected chi connectivity index (χ1v) is 10.7. The summed E-state index contributed by atoms with van der Waals surface area (Å²) in [4.78, 5) is 30.9. The van der Waals surface area contributed by atoms with Gasteiger partial charge in [-0.2, -0.15) is 13.2 Å². The maximum Gasteiger partial charge on any atom is 0.416 e. The minimum absolute atomic E-state index is 0.0719.